The van der Waals surface area contributed by atoms with Crippen molar-refractivity contribution in [3.8, 4) is 0 Å². The van der Waals surface area contributed by atoms with Crippen molar-refractivity contribution in [2.24, 2.45) is 10.8 Å². The van der Waals surface area contributed by atoms with Crippen molar-refractivity contribution in [1.82, 2.24) is 0 Å². The number of hydrogen-bond acceptors (Lipinski definition) is 1. The van der Waals surface area contributed by atoms with Crippen molar-refractivity contribution in [3.05, 3.63) is 0 Å². The van der Waals surface area contributed by atoms with E-state index in [2.05, 4.69) is 20.8 Å². The van der Waals surface area contributed by atoms with Gasteiger partial charge in [-0.3, -0.25) is 0 Å². The summed E-state index contributed by atoms with van der Waals surface area (Å²) in [5.74, 6) is 0. The summed E-state index contributed by atoms with van der Waals surface area (Å²) in [5.41, 5.74) is 0.0647. The molecule has 12 heavy (non-hydrogen) atoms. The van der Waals surface area contributed by atoms with Gasteiger partial charge in [-0.25, -0.2) is 0 Å². The van der Waals surface area contributed by atoms with Gasteiger partial charge in [0, 0.05) is 0 Å². The minimum atomic E-state index is -0.349. The second-order valence-corrected chi connectivity index (χ2v) is 5.66. The van der Waals surface area contributed by atoms with Gasteiger partial charge in [0.25, 0.3) is 0 Å². The topological polar surface area (TPSA) is 20.2 Å². The zero-order valence-electron chi connectivity index (χ0n) is 8.48. The van der Waals surface area contributed by atoms with E-state index >= 15 is 0 Å². The summed E-state index contributed by atoms with van der Waals surface area (Å²) in [6, 6.07) is 0. The minimum absolute atomic E-state index is 0.169. The quantitative estimate of drug-likeness (QED) is 0.638. The Labute approximate surface area is 75.2 Å². The summed E-state index contributed by atoms with van der Waals surface area (Å²) in [6.45, 7) is 6.68. The van der Waals surface area contributed by atoms with Gasteiger partial charge < -0.3 is 5.11 Å². The normalized spacial score (nSPS) is 43.0. The van der Waals surface area contributed by atoms with Crippen LogP contribution in [0.4, 0.5) is 0 Å². The van der Waals surface area contributed by atoms with Crippen LogP contribution in [0.25, 0.3) is 0 Å². The van der Waals surface area contributed by atoms with E-state index in [9.17, 15) is 5.11 Å². The Kier molecular flexibility index (Phi) is 1.47. The van der Waals surface area contributed by atoms with Gasteiger partial charge in [-0.1, -0.05) is 27.2 Å². The molecule has 2 rings (SSSR count). The van der Waals surface area contributed by atoms with E-state index in [1.807, 2.05) is 0 Å². The Morgan fingerprint density at radius 1 is 0.917 bits per heavy atom. The summed E-state index contributed by atoms with van der Waals surface area (Å²) < 4.78 is 0. The van der Waals surface area contributed by atoms with E-state index < -0.39 is 0 Å². The summed E-state index contributed by atoms with van der Waals surface area (Å²) >= 11 is 0. The van der Waals surface area contributed by atoms with Gasteiger partial charge in [0.15, 0.2) is 0 Å². The molecule has 2 saturated carbocycles. The van der Waals surface area contributed by atoms with Crippen LogP contribution in [0.15, 0.2) is 0 Å². The second kappa shape index (κ2) is 2.06. The molecule has 0 aromatic rings. The number of rotatable bonds is 1. The van der Waals surface area contributed by atoms with Crippen LogP contribution in [0.2, 0.25) is 0 Å². The van der Waals surface area contributed by atoms with Crippen molar-refractivity contribution in [1.29, 1.82) is 0 Å². The molecule has 0 aliphatic heterocycles. The molecule has 1 heteroatoms. The molecule has 1 N–H and O–H groups in total. The maximum absolute atomic E-state index is 10.5. The Balaban J connectivity index is 2.21. The van der Waals surface area contributed by atoms with Gasteiger partial charge in [0.1, 0.15) is 0 Å². The molecule has 0 bridgehead atoms. The molecule has 0 saturated heterocycles. The lowest BCUT2D eigenvalue weighted by Crippen LogP contribution is -2.65. The van der Waals surface area contributed by atoms with Crippen LogP contribution < -0.4 is 0 Å². The van der Waals surface area contributed by atoms with Gasteiger partial charge in [-0.05, 0) is 36.5 Å². The zero-order chi connectivity index (χ0) is 9.04. The zero-order valence-corrected chi connectivity index (χ0v) is 8.48. The van der Waals surface area contributed by atoms with Gasteiger partial charge in [-0.2, -0.15) is 0 Å². The van der Waals surface area contributed by atoms with Crippen molar-refractivity contribution < 1.29 is 5.11 Å². The molecule has 1 atom stereocenters. The van der Waals surface area contributed by atoms with Crippen molar-refractivity contribution >= 4 is 0 Å². The lowest BCUT2D eigenvalue weighted by molar-refractivity contribution is -0.244. The van der Waals surface area contributed by atoms with E-state index in [0.29, 0.717) is 0 Å². The molecule has 1 unspecified atom stereocenters. The lowest BCUT2D eigenvalue weighted by Gasteiger charge is -2.64. The largest absolute Gasteiger partial charge is 0.389 e. The number of hydrogen-bond donors (Lipinski definition) is 1. The Morgan fingerprint density at radius 2 is 1.50 bits per heavy atom. The van der Waals surface area contributed by atoms with Crippen LogP contribution in [-0.4, -0.2) is 10.7 Å². The molecule has 0 heterocycles. The molecular weight excluding hydrogens is 148 g/mol. The van der Waals surface area contributed by atoms with Gasteiger partial charge >= 0.3 is 0 Å². The molecule has 2 fully saturated rings. The van der Waals surface area contributed by atoms with E-state index in [-0.39, 0.29) is 16.4 Å². The molecule has 0 spiro atoms. The highest BCUT2D eigenvalue weighted by Crippen LogP contribution is 2.64. The van der Waals surface area contributed by atoms with E-state index in [1.54, 1.807) is 0 Å². The molecule has 0 aromatic heterocycles. The summed E-state index contributed by atoms with van der Waals surface area (Å²) in [4.78, 5) is 0. The molecule has 70 valence electrons. The fourth-order valence-electron chi connectivity index (χ4n) is 3.10. The number of aliphatic hydroxyl groups is 1. The van der Waals surface area contributed by atoms with Crippen molar-refractivity contribution in [2.75, 3.05) is 0 Å². The van der Waals surface area contributed by atoms with E-state index in [4.69, 9.17) is 0 Å². The predicted octanol–water partition coefficient (Wildman–Crippen LogP) is 2.73. The first kappa shape index (κ1) is 8.55. The first-order chi connectivity index (χ1) is 5.41. The first-order valence-electron chi connectivity index (χ1n) is 5.14. The third kappa shape index (κ3) is 0.736. The average molecular weight is 168 g/mol. The molecular formula is C11H20O. The van der Waals surface area contributed by atoms with Gasteiger partial charge in [0.05, 0.1) is 5.60 Å². The van der Waals surface area contributed by atoms with Crippen LogP contribution >= 0.6 is 0 Å². The fraction of sp³-hybridized carbons (Fsp3) is 1.00. The smallest absolute Gasteiger partial charge is 0.0751 e. The Bertz CT molecular complexity index is 203. The first-order valence-corrected chi connectivity index (χ1v) is 5.14. The summed E-state index contributed by atoms with van der Waals surface area (Å²) in [5, 5.41) is 10.5. The highest BCUT2D eigenvalue weighted by Gasteiger charge is 2.63. The highest BCUT2D eigenvalue weighted by atomic mass is 16.3. The van der Waals surface area contributed by atoms with Crippen molar-refractivity contribution in [2.45, 2.75) is 58.5 Å². The SMILES string of the molecule is CC1(C)CCC1(O)C1(C)CCC1. The Hall–Kier alpha value is -0.0400. The molecule has 2 aliphatic rings. The lowest BCUT2D eigenvalue weighted by atomic mass is 9.44. The van der Waals surface area contributed by atoms with E-state index in [0.717, 1.165) is 6.42 Å². The molecule has 0 aromatic carbocycles. The molecule has 1 nitrogen and oxygen atoms in total. The molecule has 0 radical (unpaired) electrons. The third-order valence-corrected chi connectivity index (χ3v) is 4.69. The van der Waals surface area contributed by atoms with Crippen LogP contribution in [0.5, 0.6) is 0 Å². The maximum Gasteiger partial charge on any atom is 0.0751 e. The van der Waals surface area contributed by atoms with Crippen LogP contribution in [0, 0.1) is 10.8 Å². The molecule has 2 aliphatic carbocycles. The van der Waals surface area contributed by atoms with Gasteiger partial charge in [0.2, 0.25) is 0 Å². The van der Waals surface area contributed by atoms with Gasteiger partial charge in [-0.15, -0.1) is 0 Å². The monoisotopic (exact) mass is 168 g/mol. The summed E-state index contributed by atoms with van der Waals surface area (Å²) in [6.07, 6.45) is 5.99. The minimum Gasteiger partial charge on any atom is -0.389 e. The van der Waals surface area contributed by atoms with Crippen LogP contribution in [0.3, 0.4) is 0 Å². The third-order valence-electron chi connectivity index (χ3n) is 4.69. The Morgan fingerprint density at radius 3 is 1.58 bits per heavy atom. The second-order valence-electron chi connectivity index (χ2n) is 5.66. The summed E-state index contributed by atoms with van der Waals surface area (Å²) in [7, 11) is 0. The van der Waals surface area contributed by atoms with Crippen LogP contribution in [0.1, 0.15) is 52.9 Å². The highest BCUT2D eigenvalue weighted by molar-refractivity contribution is 5.14. The average Bonchev–Trinajstić information content (AvgIpc) is 1.96. The standard InChI is InChI=1S/C11H20O/c1-9(2)7-8-11(9,12)10(3)5-4-6-10/h12H,4-8H2,1-3H3. The van der Waals surface area contributed by atoms with E-state index in [1.165, 1.54) is 25.7 Å². The fourth-order valence-corrected chi connectivity index (χ4v) is 3.10. The predicted molar refractivity (Wildman–Crippen MR) is 49.9 cm³/mol. The van der Waals surface area contributed by atoms with Crippen molar-refractivity contribution in [3.63, 3.8) is 0 Å². The van der Waals surface area contributed by atoms with Crippen LogP contribution in [-0.2, 0) is 0 Å². The maximum atomic E-state index is 10.5. The molecule has 0 amide bonds.